The second-order valence-electron chi connectivity index (χ2n) is 4.27. The van der Waals surface area contributed by atoms with Crippen LogP contribution in [-0.4, -0.2) is 28.2 Å². The van der Waals surface area contributed by atoms with E-state index in [-0.39, 0.29) is 0 Å². The van der Waals surface area contributed by atoms with Crippen LogP contribution in [0.5, 0.6) is 0 Å². The van der Waals surface area contributed by atoms with Gasteiger partial charge in [-0.25, -0.2) is 4.79 Å². The Balaban J connectivity index is 2.06. The lowest BCUT2D eigenvalue weighted by Gasteiger charge is -2.08. The van der Waals surface area contributed by atoms with Crippen LogP contribution in [0.1, 0.15) is 6.42 Å². The summed E-state index contributed by atoms with van der Waals surface area (Å²) >= 11 is 0. The topological polar surface area (TPSA) is 110 Å². The zero-order valence-corrected chi connectivity index (χ0v) is 10.4. The molecule has 1 atom stereocenters. The zero-order chi connectivity index (χ0) is 14.0. The third-order valence-corrected chi connectivity index (χ3v) is 2.89. The van der Waals surface area contributed by atoms with E-state index >= 15 is 0 Å². The number of carbonyl (C=O) groups is 1. The lowest BCUT2D eigenvalue weighted by Crippen LogP contribution is -2.32. The molecule has 2 rings (SSSR count). The first-order valence-electron chi connectivity index (χ1n) is 5.81. The Labute approximate surface area is 108 Å². The Morgan fingerprint density at radius 2 is 2.32 bits per heavy atom. The van der Waals surface area contributed by atoms with Gasteiger partial charge in [-0.05, 0) is 18.6 Å². The summed E-state index contributed by atoms with van der Waals surface area (Å²) in [4.78, 5) is 21.9. The van der Waals surface area contributed by atoms with Crippen LogP contribution < -0.4 is 16.8 Å². The Kier molecular flexibility index (Phi) is 3.57. The molecule has 1 heterocycles. The number of fused-ring (bicyclic) bond motifs is 1. The van der Waals surface area contributed by atoms with Crippen molar-refractivity contribution >= 4 is 22.8 Å². The van der Waals surface area contributed by atoms with Gasteiger partial charge in [0.25, 0.3) is 0 Å². The SMILES string of the molecule is Cn1c(=O)oc2cc(NCCC(N)C(=O)O)ccc21. The molecule has 0 fully saturated rings. The van der Waals surface area contributed by atoms with E-state index < -0.39 is 17.8 Å². The van der Waals surface area contributed by atoms with Gasteiger partial charge in [-0.15, -0.1) is 0 Å². The maximum atomic E-state index is 11.3. The molecule has 102 valence electrons. The van der Waals surface area contributed by atoms with Crippen LogP contribution in [0.2, 0.25) is 0 Å². The van der Waals surface area contributed by atoms with Crippen LogP contribution in [0.15, 0.2) is 27.4 Å². The van der Waals surface area contributed by atoms with Crippen LogP contribution in [0.3, 0.4) is 0 Å². The number of oxazole rings is 1. The number of anilines is 1. The minimum atomic E-state index is -1.02. The van der Waals surface area contributed by atoms with Gasteiger partial charge >= 0.3 is 11.7 Å². The summed E-state index contributed by atoms with van der Waals surface area (Å²) in [7, 11) is 1.63. The van der Waals surface area contributed by atoms with E-state index in [9.17, 15) is 9.59 Å². The van der Waals surface area contributed by atoms with Gasteiger partial charge in [0.05, 0.1) is 5.52 Å². The molecule has 4 N–H and O–H groups in total. The number of nitrogens with zero attached hydrogens (tertiary/aromatic N) is 1. The van der Waals surface area contributed by atoms with Crippen molar-refractivity contribution in [2.75, 3.05) is 11.9 Å². The number of carboxylic acid groups (broad SMARTS) is 1. The van der Waals surface area contributed by atoms with Gasteiger partial charge in [0.15, 0.2) is 5.58 Å². The number of carboxylic acids is 1. The highest BCUT2D eigenvalue weighted by atomic mass is 16.4. The summed E-state index contributed by atoms with van der Waals surface area (Å²) in [5.41, 5.74) is 7.33. The van der Waals surface area contributed by atoms with Gasteiger partial charge in [-0.1, -0.05) is 0 Å². The maximum absolute atomic E-state index is 11.3. The Bertz CT molecular complexity index is 659. The Morgan fingerprint density at radius 1 is 1.58 bits per heavy atom. The maximum Gasteiger partial charge on any atom is 0.419 e. The number of aromatic nitrogens is 1. The molecule has 0 bridgehead atoms. The van der Waals surface area contributed by atoms with Crippen molar-refractivity contribution in [2.45, 2.75) is 12.5 Å². The molecule has 0 spiro atoms. The lowest BCUT2D eigenvalue weighted by molar-refractivity contribution is -0.138. The van der Waals surface area contributed by atoms with Gasteiger partial charge in [0.1, 0.15) is 6.04 Å². The van der Waals surface area contributed by atoms with Crippen LogP contribution in [-0.2, 0) is 11.8 Å². The predicted molar refractivity (Wildman–Crippen MR) is 70.2 cm³/mol. The molecule has 0 radical (unpaired) electrons. The Hall–Kier alpha value is -2.28. The molecule has 1 aromatic carbocycles. The van der Waals surface area contributed by atoms with Crippen molar-refractivity contribution in [2.24, 2.45) is 12.8 Å². The summed E-state index contributed by atoms with van der Waals surface area (Å²) in [5.74, 6) is -1.44. The van der Waals surface area contributed by atoms with Gasteiger partial charge in [-0.2, -0.15) is 0 Å². The molecule has 7 nitrogen and oxygen atoms in total. The van der Waals surface area contributed by atoms with Crippen molar-refractivity contribution in [3.63, 3.8) is 0 Å². The van der Waals surface area contributed by atoms with E-state index in [1.807, 2.05) is 0 Å². The average Bonchev–Trinajstić information content (AvgIpc) is 2.64. The lowest BCUT2D eigenvalue weighted by atomic mass is 10.2. The Morgan fingerprint density at radius 3 is 3.00 bits per heavy atom. The molecule has 0 aliphatic heterocycles. The minimum Gasteiger partial charge on any atom is -0.480 e. The van der Waals surface area contributed by atoms with Crippen molar-refractivity contribution in [1.29, 1.82) is 0 Å². The van der Waals surface area contributed by atoms with Crippen molar-refractivity contribution in [3.05, 3.63) is 28.7 Å². The molecular weight excluding hydrogens is 250 g/mol. The van der Waals surface area contributed by atoms with E-state index in [1.54, 1.807) is 25.2 Å². The van der Waals surface area contributed by atoms with Crippen molar-refractivity contribution in [3.8, 4) is 0 Å². The summed E-state index contributed by atoms with van der Waals surface area (Å²) in [6, 6.07) is 4.37. The standard InChI is InChI=1S/C12H15N3O4/c1-15-9-3-2-7(6-10(9)19-12(15)18)14-5-4-8(13)11(16)17/h2-3,6,8,14H,4-5,13H2,1H3,(H,16,17). The fourth-order valence-corrected chi connectivity index (χ4v) is 1.74. The zero-order valence-electron chi connectivity index (χ0n) is 10.4. The van der Waals surface area contributed by atoms with Gasteiger partial charge in [-0.3, -0.25) is 9.36 Å². The molecular formula is C12H15N3O4. The molecule has 1 aromatic heterocycles. The second kappa shape index (κ2) is 5.15. The number of aliphatic carboxylic acids is 1. The molecule has 0 aliphatic carbocycles. The van der Waals surface area contributed by atoms with Gasteiger partial charge in [0, 0.05) is 25.3 Å². The molecule has 1 unspecified atom stereocenters. The largest absolute Gasteiger partial charge is 0.480 e. The summed E-state index contributed by atoms with van der Waals surface area (Å²) in [5, 5.41) is 11.7. The third-order valence-electron chi connectivity index (χ3n) is 2.89. The number of hydrogen-bond donors (Lipinski definition) is 3. The van der Waals surface area contributed by atoms with E-state index in [4.69, 9.17) is 15.3 Å². The van der Waals surface area contributed by atoms with Crippen molar-refractivity contribution in [1.82, 2.24) is 4.57 Å². The summed E-state index contributed by atoms with van der Waals surface area (Å²) in [6.45, 7) is 0.427. The molecule has 0 saturated carbocycles. The molecule has 7 heteroatoms. The molecule has 2 aromatic rings. The number of rotatable bonds is 5. The van der Waals surface area contributed by atoms with E-state index in [2.05, 4.69) is 5.32 Å². The number of hydrogen-bond acceptors (Lipinski definition) is 5. The normalized spacial score (nSPS) is 12.5. The number of nitrogens with two attached hydrogens (primary N) is 1. The van der Waals surface area contributed by atoms with E-state index in [0.29, 0.717) is 24.1 Å². The number of nitrogens with one attached hydrogen (secondary N) is 1. The average molecular weight is 265 g/mol. The van der Waals surface area contributed by atoms with E-state index in [1.165, 1.54) is 4.57 Å². The summed E-state index contributed by atoms with van der Waals surface area (Å²) < 4.78 is 6.47. The fourth-order valence-electron chi connectivity index (χ4n) is 1.74. The first-order chi connectivity index (χ1) is 8.99. The van der Waals surface area contributed by atoms with Gasteiger partial charge in [0.2, 0.25) is 0 Å². The molecule has 0 amide bonds. The van der Waals surface area contributed by atoms with Gasteiger partial charge < -0.3 is 20.6 Å². The third kappa shape index (κ3) is 2.76. The van der Waals surface area contributed by atoms with Crippen LogP contribution in [0, 0.1) is 0 Å². The molecule has 0 saturated heterocycles. The minimum absolute atomic E-state index is 0.312. The highest BCUT2D eigenvalue weighted by Gasteiger charge is 2.10. The number of benzene rings is 1. The summed E-state index contributed by atoms with van der Waals surface area (Å²) in [6.07, 6.45) is 0.312. The second-order valence-corrected chi connectivity index (χ2v) is 4.27. The number of aryl methyl sites for hydroxylation is 1. The highest BCUT2D eigenvalue weighted by Crippen LogP contribution is 2.17. The van der Waals surface area contributed by atoms with Crippen molar-refractivity contribution < 1.29 is 14.3 Å². The monoisotopic (exact) mass is 265 g/mol. The molecule has 19 heavy (non-hydrogen) atoms. The predicted octanol–water partition coefficient (Wildman–Crippen LogP) is 0.345. The first-order valence-corrected chi connectivity index (χ1v) is 5.81. The van der Waals surface area contributed by atoms with E-state index in [0.717, 1.165) is 5.69 Å². The first kappa shape index (κ1) is 13.2. The quantitative estimate of drug-likeness (QED) is 0.719. The van der Waals surface area contributed by atoms with Crippen LogP contribution >= 0.6 is 0 Å². The smallest absolute Gasteiger partial charge is 0.419 e. The fraction of sp³-hybridized carbons (Fsp3) is 0.333. The van der Waals surface area contributed by atoms with Crippen LogP contribution in [0.4, 0.5) is 5.69 Å². The molecule has 0 aliphatic rings. The van der Waals surface area contributed by atoms with Crippen LogP contribution in [0.25, 0.3) is 11.1 Å². The highest BCUT2D eigenvalue weighted by molar-refractivity contribution is 5.77.